The Labute approximate surface area is 89.8 Å². The molecule has 1 aromatic heterocycles. The predicted molar refractivity (Wildman–Crippen MR) is 59.3 cm³/mol. The summed E-state index contributed by atoms with van der Waals surface area (Å²) in [6.07, 6.45) is 3.90. The largest absolute Gasteiger partial charge is 0.308 e. The second kappa shape index (κ2) is 5.17. The Kier molecular flexibility index (Phi) is 4.17. The summed E-state index contributed by atoms with van der Waals surface area (Å²) in [5.41, 5.74) is 1.16. The van der Waals surface area contributed by atoms with Crippen LogP contribution in [0.1, 0.15) is 25.5 Å². The first kappa shape index (κ1) is 11.3. The van der Waals surface area contributed by atoms with Crippen LogP contribution in [0.4, 0.5) is 0 Å². The van der Waals surface area contributed by atoms with Gasteiger partial charge >= 0.3 is 0 Å². The Hall–Kier alpha value is -0.800. The molecule has 0 aliphatic heterocycles. The normalized spacial score (nSPS) is 10.9. The molecule has 0 unspecified atom stereocenters. The smallest absolute Gasteiger partial charge is 0.0534 e. The molecule has 0 saturated heterocycles. The minimum absolute atomic E-state index is 0.409. The maximum atomic E-state index is 5.62. The second-order valence-corrected chi connectivity index (χ2v) is 4.08. The van der Waals surface area contributed by atoms with E-state index in [0.717, 1.165) is 12.1 Å². The van der Waals surface area contributed by atoms with Crippen molar-refractivity contribution in [2.75, 3.05) is 6.54 Å². The Bertz CT molecular complexity index is 304. The van der Waals surface area contributed by atoms with Crippen LogP contribution in [-0.2, 0) is 6.54 Å². The first-order valence-corrected chi connectivity index (χ1v) is 5.04. The van der Waals surface area contributed by atoms with Crippen molar-refractivity contribution in [1.82, 2.24) is 15.1 Å². The molecule has 0 saturated carbocycles. The van der Waals surface area contributed by atoms with Gasteiger partial charge in [-0.15, -0.1) is 0 Å². The van der Waals surface area contributed by atoms with Gasteiger partial charge in [-0.3, -0.25) is 4.68 Å². The molecule has 0 spiro atoms. The van der Waals surface area contributed by atoms with Crippen molar-refractivity contribution >= 4 is 11.6 Å². The average molecular weight is 214 g/mol. The third kappa shape index (κ3) is 3.52. The molecule has 0 amide bonds. The van der Waals surface area contributed by atoms with E-state index in [9.17, 15) is 0 Å². The second-order valence-electron chi connectivity index (χ2n) is 3.54. The van der Waals surface area contributed by atoms with Gasteiger partial charge in [-0.25, -0.2) is 0 Å². The summed E-state index contributed by atoms with van der Waals surface area (Å²) in [6, 6.07) is 0.409. The van der Waals surface area contributed by atoms with Gasteiger partial charge in [-0.05, 0) is 13.8 Å². The molecule has 14 heavy (non-hydrogen) atoms. The summed E-state index contributed by atoms with van der Waals surface area (Å²) >= 11 is 5.62. The molecule has 1 aromatic rings. The number of hydrogen-bond acceptors (Lipinski definition) is 2. The summed E-state index contributed by atoms with van der Waals surface area (Å²) in [5, 5.41) is 8.03. The molecule has 1 N–H and O–H groups in total. The molecule has 3 nitrogen and oxygen atoms in total. The highest BCUT2D eigenvalue weighted by atomic mass is 35.5. The monoisotopic (exact) mass is 213 g/mol. The zero-order chi connectivity index (χ0) is 10.6. The highest BCUT2D eigenvalue weighted by molar-refractivity contribution is 6.29. The van der Waals surface area contributed by atoms with Crippen LogP contribution in [0.2, 0.25) is 0 Å². The van der Waals surface area contributed by atoms with Gasteiger partial charge < -0.3 is 5.32 Å². The van der Waals surface area contributed by atoms with Gasteiger partial charge in [0, 0.05) is 35.9 Å². The molecule has 4 heteroatoms. The summed E-state index contributed by atoms with van der Waals surface area (Å²) in [4.78, 5) is 0. The molecule has 1 rings (SSSR count). The first-order valence-electron chi connectivity index (χ1n) is 4.66. The standard InChI is InChI=1S/C10H16ClN3/c1-8(2)14-7-10(6-13-14)5-12-4-9(3)11/h6-8,12H,3-5H2,1-2H3. The lowest BCUT2D eigenvalue weighted by atomic mass is 10.3. The lowest BCUT2D eigenvalue weighted by Gasteiger charge is -2.03. The Morgan fingerprint density at radius 1 is 1.71 bits per heavy atom. The molecular formula is C10H16ClN3. The van der Waals surface area contributed by atoms with Crippen LogP contribution in [0.15, 0.2) is 24.0 Å². The van der Waals surface area contributed by atoms with Gasteiger partial charge in [0.1, 0.15) is 0 Å². The molecule has 0 bridgehead atoms. The topological polar surface area (TPSA) is 29.9 Å². The molecule has 78 valence electrons. The fraction of sp³-hybridized carbons (Fsp3) is 0.500. The van der Waals surface area contributed by atoms with Gasteiger partial charge in [0.25, 0.3) is 0 Å². The van der Waals surface area contributed by atoms with Gasteiger partial charge in [-0.1, -0.05) is 18.2 Å². The Morgan fingerprint density at radius 3 is 2.93 bits per heavy atom. The van der Waals surface area contributed by atoms with Crippen LogP contribution in [0.5, 0.6) is 0 Å². The quantitative estimate of drug-likeness (QED) is 0.814. The molecular weight excluding hydrogens is 198 g/mol. The lowest BCUT2D eigenvalue weighted by Crippen LogP contribution is -2.14. The van der Waals surface area contributed by atoms with Gasteiger partial charge in [-0.2, -0.15) is 5.10 Å². The third-order valence-electron chi connectivity index (χ3n) is 1.83. The van der Waals surface area contributed by atoms with Gasteiger partial charge in [0.15, 0.2) is 0 Å². The van der Waals surface area contributed by atoms with E-state index in [1.54, 1.807) is 0 Å². The van der Waals surface area contributed by atoms with E-state index in [4.69, 9.17) is 11.6 Å². The SMILES string of the molecule is C=C(Cl)CNCc1cnn(C(C)C)c1. The summed E-state index contributed by atoms with van der Waals surface area (Å²) in [7, 11) is 0. The van der Waals surface area contributed by atoms with Crippen molar-refractivity contribution in [3.8, 4) is 0 Å². The first-order chi connectivity index (χ1) is 6.59. The third-order valence-corrected chi connectivity index (χ3v) is 1.96. The van der Waals surface area contributed by atoms with Crippen LogP contribution in [0.25, 0.3) is 0 Å². The lowest BCUT2D eigenvalue weighted by molar-refractivity contribution is 0.531. The Balaban J connectivity index is 2.40. The summed E-state index contributed by atoms with van der Waals surface area (Å²) in [6.45, 7) is 9.22. The minimum atomic E-state index is 0.409. The van der Waals surface area contributed by atoms with Crippen molar-refractivity contribution in [3.05, 3.63) is 29.6 Å². The molecule has 0 radical (unpaired) electrons. The van der Waals surface area contributed by atoms with E-state index >= 15 is 0 Å². The predicted octanol–water partition coefficient (Wildman–Crippen LogP) is 2.31. The van der Waals surface area contributed by atoms with E-state index < -0.39 is 0 Å². The van der Waals surface area contributed by atoms with Crippen molar-refractivity contribution in [3.63, 3.8) is 0 Å². The van der Waals surface area contributed by atoms with E-state index in [0.29, 0.717) is 17.6 Å². The summed E-state index contributed by atoms with van der Waals surface area (Å²) < 4.78 is 1.94. The zero-order valence-corrected chi connectivity index (χ0v) is 9.38. The number of hydrogen-bond donors (Lipinski definition) is 1. The zero-order valence-electron chi connectivity index (χ0n) is 8.63. The Morgan fingerprint density at radius 2 is 2.43 bits per heavy atom. The fourth-order valence-corrected chi connectivity index (χ4v) is 1.19. The molecule has 0 aliphatic carbocycles. The van der Waals surface area contributed by atoms with Gasteiger partial charge in [0.05, 0.1) is 6.20 Å². The molecule has 0 atom stereocenters. The van der Waals surface area contributed by atoms with Crippen LogP contribution >= 0.6 is 11.6 Å². The summed E-state index contributed by atoms with van der Waals surface area (Å²) in [5.74, 6) is 0. The van der Waals surface area contributed by atoms with E-state index in [1.807, 2.05) is 17.1 Å². The average Bonchev–Trinajstić information content (AvgIpc) is 2.52. The highest BCUT2D eigenvalue weighted by Gasteiger charge is 2.00. The van der Waals surface area contributed by atoms with Crippen molar-refractivity contribution in [1.29, 1.82) is 0 Å². The van der Waals surface area contributed by atoms with Crippen LogP contribution in [-0.4, -0.2) is 16.3 Å². The van der Waals surface area contributed by atoms with Crippen molar-refractivity contribution < 1.29 is 0 Å². The minimum Gasteiger partial charge on any atom is -0.308 e. The fourth-order valence-electron chi connectivity index (χ4n) is 1.09. The maximum Gasteiger partial charge on any atom is 0.0534 e. The molecule has 0 fully saturated rings. The molecule has 1 heterocycles. The van der Waals surface area contributed by atoms with E-state index in [1.165, 1.54) is 0 Å². The van der Waals surface area contributed by atoms with E-state index in [-0.39, 0.29) is 0 Å². The van der Waals surface area contributed by atoms with Crippen molar-refractivity contribution in [2.24, 2.45) is 0 Å². The number of aromatic nitrogens is 2. The van der Waals surface area contributed by atoms with Crippen LogP contribution in [0, 0.1) is 0 Å². The molecule has 0 aliphatic rings. The number of rotatable bonds is 5. The van der Waals surface area contributed by atoms with Crippen LogP contribution in [0.3, 0.4) is 0 Å². The number of nitrogens with zero attached hydrogens (tertiary/aromatic N) is 2. The molecule has 0 aromatic carbocycles. The highest BCUT2D eigenvalue weighted by Crippen LogP contribution is 2.05. The number of halogens is 1. The van der Waals surface area contributed by atoms with Crippen molar-refractivity contribution in [2.45, 2.75) is 26.4 Å². The number of nitrogens with one attached hydrogen (secondary N) is 1. The van der Waals surface area contributed by atoms with Gasteiger partial charge in [0.2, 0.25) is 0 Å². The van der Waals surface area contributed by atoms with E-state index in [2.05, 4.69) is 30.8 Å². The maximum absolute atomic E-state index is 5.62. The van der Waals surface area contributed by atoms with Crippen LogP contribution < -0.4 is 5.32 Å².